The van der Waals surface area contributed by atoms with E-state index in [-0.39, 0.29) is 0 Å². The Bertz CT molecular complexity index is 1060. The van der Waals surface area contributed by atoms with E-state index in [1.807, 2.05) is 66.1 Å². The van der Waals surface area contributed by atoms with E-state index in [0.29, 0.717) is 0 Å². The second-order valence-electron chi connectivity index (χ2n) is 5.60. The number of thiazole rings is 1. The Kier molecular flexibility index (Phi) is 11.0. The second kappa shape index (κ2) is 12.9. The van der Waals surface area contributed by atoms with Crippen molar-refractivity contribution < 1.29 is 4.79 Å². The van der Waals surface area contributed by atoms with Gasteiger partial charge >= 0.3 is 0 Å². The van der Waals surface area contributed by atoms with Gasteiger partial charge in [0, 0.05) is 34.4 Å². The van der Waals surface area contributed by atoms with Crippen LogP contribution in [-0.4, -0.2) is 26.2 Å². The number of carbonyl (C=O) groups is 1. The molecule has 0 atom stereocenters. The van der Waals surface area contributed by atoms with E-state index in [0.717, 1.165) is 54.6 Å². The van der Waals surface area contributed by atoms with Crippen LogP contribution in [0.15, 0.2) is 41.7 Å². The van der Waals surface area contributed by atoms with Gasteiger partial charge in [0.05, 0.1) is 27.5 Å². The fourth-order valence-corrected chi connectivity index (χ4v) is 3.90. The molecule has 1 N–H and O–H groups in total. The van der Waals surface area contributed by atoms with Gasteiger partial charge in [-0.25, -0.2) is 9.97 Å². The molecule has 0 aliphatic rings. The first kappa shape index (κ1) is 25.5. The van der Waals surface area contributed by atoms with Crippen molar-refractivity contribution in [2.24, 2.45) is 0 Å². The van der Waals surface area contributed by atoms with Crippen LogP contribution < -0.4 is 0 Å². The highest BCUT2D eigenvalue weighted by molar-refractivity contribution is 7.80. The van der Waals surface area contributed by atoms with Crippen LogP contribution in [0.25, 0.3) is 32.0 Å². The first-order valence-corrected chi connectivity index (χ1v) is 11.3. The number of hydrogen-bond acceptors (Lipinski definition) is 6. The first-order valence-electron chi connectivity index (χ1n) is 10.0. The minimum Gasteiger partial charge on any atom is -0.359 e. The molecular formula is C23H30N4OS2. The molecule has 7 heteroatoms. The fraction of sp³-hybridized carbons (Fsp3) is 0.304. The Hall–Kier alpha value is -2.51. The lowest BCUT2D eigenvalue weighted by molar-refractivity contribution is -0.106. The monoisotopic (exact) mass is 442 g/mol. The molecule has 0 fully saturated rings. The molecule has 4 rings (SSSR count). The van der Waals surface area contributed by atoms with Crippen molar-refractivity contribution in [1.82, 2.24) is 19.9 Å². The number of aldehydes is 1. The summed E-state index contributed by atoms with van der Waals surface area (Å²) >= 11 is 6.16. The topological polar surface area (TPSA) is 71.5 Å². The Morgan fingerprint density at radius 2 is 1.77 bits per heavy atom. The molecule has 0 aromatic carbocycles. The third-order valence-corrected chi connectivity index (χ3v) is 5.37. The van der Waals surface area contributed by atoms with Crippen molar-refractivity contribution in [3.63, 3.8) is 0 Å². The van der Waals surface area contributed by atoms with Crippen molar-refractivity contribution in [2.75, 3.05) is 0 Å². The van der Waals surface area contributed by atoms with Gasteiger partial charge in [-0.1, -0.05) is 27.7 Å². The number of aromatic nitrogens is 4. The molecule has 0 bridgehead atoms. The number of nitrogens with one attached hydrogen (secondary N) is 1. The van der Waals surface area contributed by atoms with Crippen LogP contribution in [0, 0.1) is 13.8 Å². The first-order chi connectivity index (χ1) is 14.5. The number of aromatic amines is 1. The van der Waals surface area contributed by atoms with Crippen LogP contribution in [0.3, 0.4) is 0 Å². The smallest absolute Gasteiger partial charge is 0.125 e. The highest BCUT2D eigenvalue weighted by atomic mass is 32.1. The summed E-state index contributed by atoms with van der Waals surface area (Å²) in [4.78, 5) is 27.6. The van der Waals surface area contributed by atoms with Gasteiger partial charge in [-0.15, -0.1) is 24.0 Å². The van der Waals surface area contributed by atoms with Crippen LogP contribution in [0.4, 0.5) is 0 Å². The molecular weight excluding hydrogens is 412 g/mol. The van der Waals surface area contributed by atoms with E-state index in [4.69, 9.17) is 9.78 Å². The van der Waals surface area contributed by atoms with Gasteiger partial charge in [0.2, 0.25) is 0 Å². The third-order valence-electron chi connectivity index (χ3n) is 3.77. The zero-order chi connectivity index (χ0) is 22.7. The van der Waals surface area contributed by atoms with Gasteiger partial charge in [-0.3, -0.25) is 4.98 Å². The third kappa shape index (κ3) is 6.00. The quantitative estimate of drug-likeness (QED) is 0.261. The lowest BCUT2D eigenvalue weighted by Gasteiger charge is -2.02. The molecule has 30 heavy (non-hydrogen) atoms. The number of nitrogens with zero attached hydrogens (tertiary/aromatic N) is 3. The Morgan fingerprint density at radius 3 is 2.37 bits per heavy atom. The maximum absolute atomic E-state index is 8.81. The number of aryl methyl sites for hydroxylation is 2. The zero-order valence-corrected chi connectivity index (χ0v) is 20.4. The van der Waals surface area contributed by atoms with E-state index in [1.165, 1.54) is 6.92 Å². The predicted octanol–water partition coefficient (Wildman–Crippen LogP) is 6.91. The molecule has 0 saturated carbocycles. The van der Waals surface area contributed by atoms with Crippen LogP contribution >= 0.6 is 24.0 Å². The highest BCUT2D eigenvalue weighted by Crippen LogP contribution is 2.36. The van der Waals surface area contributed by atoms with E-state index in [2.05, 4.69) is 33.6 Å². The lowest BCUT2D eigenvalue weighted by atomic mass is 10.2. The van der Waals surface area contributed by atoms with Gasteiger partial charge in [0.25, 0.3) is 0 Å². The van der Waals surface area contributed by atoms with Gasteiger partial charge in [0.1, 0.15) is 11.3 Å². The SMILES string of the molecule is CC.CC.CC=O.Cc1nc(-c2cccnc2)sc1-c1cc2c(S)c[nH]c2c(C)n1. The van der Waals surface area contributed by atoms with Gasteiger partial charge in [0.15, 0.2) is 0 Å². The van der Waals surface area contributed by atoms with Crippen molar-refractivity contribution in [3.8, 4) is 21.1 Å². The number of H-pyrrole nitrogens is 1. The van der Waals surface area contributed by atoms with E-state index in [9.17, 15) is 0 Å². The molecule has 160 valence electrons. The fourth-order valence-electron chi connectivity index (χ4n) is 2.64. The molecule has 0 radical (unpaired) electrons. The maximum atomic E-state index is 8.81. The van der Waals surface area contributed by atoms with Gasteiger partial charge in [-0.05, 0) is 39.0 Å². The molecule has 0 spiro atoms. The summed E-state index contributed by atoms with van der Waals surface area (Å²) in [5, 5.41) is 2.05. The molecule has 0 amide bonds. The van der Waals surface area contributed by atoms with E-state index in [1.54, 1.807) is 17.5 Å². The summed E-state index contributed by atoms with van der Waals surface area (Å²) in [6, 6.07) is 6.02. The number of thiol groups is 1. The number of fused-ring (bicyclic) bond motifs is 1. The van der Waals surface area contributed by atoms with Crippen LogP contribution in [0.1, 0.15) is 46.0 Å². The second-order valence-corrected chi connectivity index (χ2v) is 7.08. The standard InChI is InChI=1S/C17H14N4S2.C2H4O.2C2H6/c1-9-15-12(14(22)8-19-15)6-13(20-9)16-10(2)21-17(23-16)11-4-3-5-18-7-11;1-2-3;2*1-2/h3-8,19,22H,1-2H3;2H,1H3;2*1-2H3. The molecule has 4 aromatic heterocycles. The molecule has 0 aliphatic carbocycles. The van der Waals surface area contributed by atoms with Crippen molar-refractivity contribution in [2.45, 2.75) is 53.4 Å². The average molecular weight is 443 g/mol. The largest absolute Gasteiger partial charge is 0.359 e. The summed E-state index contributed by atoms with van der Waals surface area (Å²) in [5.74, 6) is 0. The molecule has 0 unspecified atom stereocenters. The van der Waals surface area contributed by atoms with Crippen LogP contribution in [-0.2, 0) is 4.79 Å². The van der Waals surface area contributed by atoms with Crippen molar-refractivity contribution in [1.29, 1.82) is 0 Å². The Balaban J connectivity index is 0.000000579. The number of pyridine rings is 2. The molecule has 0 aliphatic heterocycles. The Labute approximate surface area is 188 Å². The molecule has 5 nitrogen and oxygen atoms in total. The number of hydrogen-bond donors (Lipinski definition) is 2. The molecule has 4 heterocycles. The minimum atomic E-state index is 0.750. The van der Waals surface area contributed by atoms with Crippen molar-refractivity contribution >= 4 is 41.2 Å². The lowest BCUT2D eigenvalue weighted by Crippen LogP contribution is -1.88. The summed E-state index contributed by atoms with van der Waals surface area (Å²) in [6.45, 7) is 13.5. The normalized spacial score (nSPS) is 9.47. The molecule has 0 saturated heterocycles. The number of rotatable bonds is 2. The highest BCUT2D eigenvalue weighted by Gasteiger charge is 2.15. The van der Waals surface area contributed by atoms with Crippen molar-refractivity contribution in [3.05, 3.63) is 48.2 Å². The zero-order valence-electron chi connectivity index (χ0n) is 18.6. The van der Waals surface area contributed by atoms with Crippen LogP contribution in [0.2, 0.25) is 0 Å². The molecule has 4 aromatic rings. The summed E-state index contributed by atoms with van der Waals surface area (Å²) in [5.41, 5.74) is 4.95. The number of carbonyl (C=O) groups excluding carboxylic acids is 1. The van der Waals surface area contributed by atoms with E-state index >= 15 is 0 Å². The van der Waals surface area contributed by atoms with Gasteiger partial charge in [-0.2, -0.15) is 0 Å². The predicted molar refractivity (Wildman–Crippen MR) is 132 cm³/mol. The maximum Gasteiger partial charge on any atom is 0.125 e. The summed E-state index contributed by atoms with van der Waals surface area (Å²) < 4.78 is 0. The van der Waals surface area contributed by atoms with E-state index < -0.39 is 0 Å². The average Bonchev–Trinajstić information content (AvgIpc) is 3.35. The Morgan fingerprint density at radius 1 is 1.10 bits per heavy atom. The summed E-state index contributed by atoms with van der Waals surface area (Å²) in [6.07, 6.45) is 6.25. The summed E-state index contributed by atoms with van der Waals surface area (Å²) in [7, 11) is 0. The van der Waals surface area contributed by atoms with Gasteiger partial charge < -0.3 is 9.78 Å². The minimum absolute atomic E-state index is 0.750. The van der Waals surface area contributed by atoms with Crippen LogP contribution in [0.5, 0.6) is 0 Å².